The van der Waals surface area contributed by atoms with E-state index in [-0.39, 0.29) is 0 Å². The summed E-state index contributed by atoms with van der Waals surface area (Å²) in [7, 11) is 0. The lowest BCUT2D eigenvalue weighted by molar-refractivity contribution is 0.392. The summed E-state index contributed by atoms with van der Waals surface area (Å²) in [6.45, 7) is 8.61. The van der Waals surface area contributed by atoms with Crippen LogP contribution in [0.5, 0.6) is 0 Å². The molecule has 0 atom stereocenters. The predicted octanol–water partition coefficient (Wildman–Crippen LogP) is 2.88. The quantitative estimate of drug-likeness (QED) is 0.669. The zero-order valence-corrected chi connectivity index (χ0v) is 13.0. The maximum absolute atomic E-state index is 5.91. The van der Waals surface area contributed by atoms with Crippen LogP contribution in [0.1, 0.15) is 28.1 Å². The molecule has 0 saturated heterocycles. The van der Waals surface area contributed by atoms with Crippen molar-refractivity contribution < 1.29 is 4.52 Å². The average Bonchev–Trinajstić information content (AvgIpc) is 2.74. The smallest absolute Gasteiger partial charge is 0.193 e. The van der Waals surface area contributed by atoms with Crippen molar-refractivity contribution in [2.75, 3.05) is 11.9 Å². The van der Waals surface area contributed by atoms with Crippen LogP contribution in [0.3, 0.4) is 0 Å². The summed E-state index contributed by atoms with van der Waals surface area (Å²) < 4.78 is 5.13. The zero-order valence-electron chi connectivity index (χ0n) is 13.0. The highest BCUT2D eigenvalue weighted by molar-refractivity contribution is 5.92. The lowest BCUT2D eigenvalue weighted by atomic mass is 10.1. The molecule has 112 valence electrons. The SMILES string of the molecule is Cc1ccc(NC(N)=NCCc2c(C)noc2C)cc1C. The van der Waals surface area contributed by atoms with Gasteiger partial charge in [-0.25, -0.2) is 0 Å². The van der Waals surface area contributed by atoms with Gasteiger partial charge in [0, 0.05) is 17.8 Å². The Kier molecular flexibility index (Phi) is 4.62. The van der Waals surface area contributed by atoms with Gasteiger partial charge in [-0.2, -0.15) is 0 Å². The van der Waals surface area contributed by atoms with Gasteiger partial charge in [-0.3, -0.25) is 4.99 Å². The fraction of sp³-hybridized carbons (Fsp3) is 0.375. The van der Waals surface area contributed by atoms with E-state index in [4.69, 9.17) is 10.3 Å². The molecule has 0 fully saturated rings. The molecule has 2 rings (SSSR count). The maximum Gasteiger partial charge on any atom is 0.193 e. The lowest BCUT2D eigenvalue weighted by Crippen LogP contribution is -2.23. The highest BCUT2D eigenvalue weighted by atomic mass is 16.5. The summed E-state index contributed by atoms with van der Waals surface area (Å²) in [6.07, 6.45) is 0.774. The van der Waals surface area contributed by atoms with Gasteiger partial charge in [0.15, 0.2) is 5.96 Å². The number of nitrogens with zero attached hydrogens (tertiary/aromatic N) is 2. The van der Waals surface area contributed by atoms with Crippen molar-refractivity contribution in [2.45, 2.75) is 34.1 Å². The van der Waals surface area contributed by atoms with E-state index in [1.165, 1.54) is 11.1 Å². The average molecular weight is 286 g/mol. The summed E-state index contributed by atoms with van der Waals surface area (Å²) in [5, 5.41) is 7.04. The third kappa shape index (κ3) is 3.84. The first-order chi connectivity index (χ1) is 9.97. The molecule has 1 heterocycles. The van der Waals surface area contributed by atoms with Gasteiger partial charge in [0.2, 0.25) is 0 Å². The first-order valence-electron chi connectivity index (χ1n) is 7.03. The van der Waals surface area contributed by atoms with Crippen molar-refractivity contribution >= 4 is 11.6 Å². The number of nitrogens with one attached hydrogen (secondary N) is 1. The Bertz CT molecular complexity index is 639. The van der Waals surface area contributed by atoms with Crippen LogP contribution in [-0.4, -0.2) is 17.7 Å². The number of aromatic nitrogens is 1. The van der Waals surface area contributed by atoms with Crippen molar-refractivity contribution in [1.82, 2.24) is 5.16 Å². The van der Waals surface area contributed by atoms with Gasteiger partial charge in [-0.15, -0.1) is 0 Å². The summed E-state index contributed by atoms with van der Waals surface area (Å²) in [4.78, 5) is 4.34. The first kappa shape index (κ1) is 15.1. The van der Waals surface area contributed by atoms with E-state index in [9.17, 15) is 0 Å². The Hall–Kier alpha value is -2.30. The van der Waals surface area contributed by atoms with Crippen molar-refractivity contribution in [3.05, 3.63) is 46.3 Å². The molecule has 0 saturated carbocycles. The van der Waals surface area contributed by atoms with Gasteiger partial charge in [-0.1, -0.05) is 11.2 Å². The van der Waals surface area contributed by atoms with Gasteiger partial charge < -0.3 is 15.6 Å². The highest BCUT2D eigenvalue weighted by Crippen LogP contribution is 2.14. The van der Waals surface area contributed by atoms with E-state index in [0.717, 1.165) is 29.1 Å². The number of anilines is 1. The largest absolute Gasteiger partial charge is 0.370 e. The number of guanidine groups is 1. The molecule has 0 aliphatic heterocycles. The third-order valence-corrected chi connectivity index (χ3v) is 3.60. The molecule has 0 amide bonds. The van der Waals surface area contributed by atoms with Gasteiger partial charge in [0.1, 0.15) is 5.76 Å². The summed E-state index contributed by atoms with van der Waals surface area (Å²) in [6, 6.07) is 6.12. The third-order valence-electron chi connectivity index (χ3n) is 3.60. The number of hydrogen-bond donors (Lipinski definition) is 2. The minimum absolute atomic E-state index is 0.421. The second-order valence-corrected chi connectivity index (χ2v) is 5.24. The molecule has 2 aromatic rings. The molecular formula is C16H22N4O. The Balaban J connectivity index is 1.94. The molecular weight excluding hydrogens is 264 g/mol. The lowest BCUT2D eigenvalue weighted by Gasteiger charge is -2.08. The second-order valence-electron chi connectivity index (χ2n) is 5.24. The standard InChI is InChI=1S/C16H22N4O/c1-10-5-6-14(9-11(10)2)19-16(17)18-8-7-15-12(3)20-21-13(15)4/h5-6,9H,7-8H2,1-4H3,(H3,17,18,19). The van der Waals surface area contributed by atoms with Crippen molar-refractivity contribution in [3.63, 3.8) is 0 Å². The number of aliphatic imine (C=N–C) groups is 1. The van der Waals surface area contributed by atoms with E-state index >= 15 is 0 Å². The zero-order chi connectivity index (χ0) is 15.4. The van der Waals surface area contributed by atoms with Gasteiger partial charge in [-0.05, 0) is 57.4 Å². The summed E-state index contributed by atoms with van der Waals surface area (Å²) in [5.41, 5.74) is 11.4. The highest BCUT2D eigenvalue weighted by Gasteiger charge is 2.07. The number of aryl methyl sites for hydroxylation is 4. The van der Waals surface area contributed by atoms with Crippen molar-refractivity contribution in [1.29, 1.82) is 0 Å². The fourth-order valence-corrected chi connectivity index (χ4v) is 2.15. The van der Waals surface area contributed by atoms with Gasteiger partial charge in [0.25, 0.3) is 0 Å². The molecule has 3 N–H and O–H groups in total. The second kappa shape index (κ2) is 6.43. The van der Waals surface area contributed by atoms with Gasteiger partial charge >= 0.3 is 0 Å². The predicted molar refractivity (Wildman–Crippen MR) is 85.7 cm³/mol. The van der Waals surface area contributed by atoms with E-state index in [1.54, 1.807) is 0 Å². The van der Waals surface area contributed by atoms with Crippen LogP contribution in [0.25, 0.3) is 0 Å². The molecule has 0 radical (unpaired) electrons. The van der Waals surface area contributed by atoms with Crippen molar-refractivity contribution in [3.8, 4) is 0 Å². The van der Waals surface area contributed by atoms with Crippen LogP contribution < -0.4 is 11.1 Å². The van der Waals surface area contributed by atoms with E-state index in [1.807, 2.05) is 19.9 Å². The molecule has 0 unspecified atom stereocenters. The first-order valence-corrected chi connectivity index (χ1v) is 7.03. The van der Waals surface area contributed by atoms with Crippen LogP contribution in [0.2, 0.25) is 0 Å². The summed E-state index contributed by atoms with van der Waals surface area (Å²) in [5.74, 6) is 1.27. The molecule has 1 aromatic carbocycles. The minimum Gasteiger partial charge on any atom is -0.370 e. The Morgan fingerprint density at radius 3 is 2.62 bits per heavy atom. The molecule has 0 bridgehead atoms. The van der Waals surface area contributed by atoms with Crippen LogP contribution in [0.4, 0.5) is 5.69 Å². The molecule has 0 aliphatic carbocycles. The molecule has 0 spiro atoms. The number of hydrogen-bond acceptors (Lipinski definition) is 3. The number of rotatable bonds is 4. The van der Waals surface area contributed by atoms with Crippen LogP contribution in [-0.2, 0) is 6.42 Å². The van der Waals surface area contributed by atoms with E-state index in [0.29, 0.717) is 12.5 Å². The molecule has 0 aliphatic rings. The summed E-state index contributed by atoms with van der Waals surface area (Å²) >= 11 is 0. The Morgan fingerprint density at radius 2 is 2.00 bits per heavy atom. The van der Waals surface area contributed by atoms with E-state index in [2.05, 4.69) is 41.4 Å². The Labute approximate surface area is 125 Å². The fourth-order valence-electron chi connectivity index (χ4n) is 2.15. The number of nitrogens with two attached hydrogens (primary N) is 1. The van der Waals surface area contributed by atoms with Crippen LogP contribution in [0.15, 0.2) is 27.7 Å². The van der Waals surface area contributed by atoms with Crippen LogP contribution in [0, 0.1) is 27.7 Å². The normalized spacial score (nSPS) is 11.7. The van der Waals surface area contributed by atoms with Crippen LogP contribution >= 0.6 is 0 Å². The Morgan fingerprint density at radius 1 is 1.24 bits per heavy atom. The van der Waals surface area contributed by atoms with Gasteiger partial charge in [0.05, 0.1) is 5.69 Å². The van der Waals surface area contributed by atoms with Crippen molar-refractivity contribution in [2.24, 2.45) is 10.7 Å². The monoisotopic (exact) mass is 286 g/mol. The maximum atomic E-state index is 5.91. The molecule has 1 aromatic heterocycles. The van der Waals surface area contributed by atoms with E-state index < -0.39 is 0 Å². The molecule has 21 heavy (non-hydrogen) atoms. The number of benzene rings is 1. The molecule has 5 heteroatoms. The topological polar surface area (TPSA) is 76.4 Å². The minimum atomic E-state index is 0.421. The molecule has 5 nitrogen and oxygen atoms in total.